The summed E-state index contributed by atoms with van der Waals surface area (Å²) in [7, 11) is 0. The second-order valence-electron chi connectivity index (χ2n) is 7.91. The van der Waals surface area contributed by atoms with Gasteiger partial charge in [0.1, 0.15) is 18.0 Å². The molecule has 1 fully saturated rings. The maximum absolute atomic E-state index is 15.0. The quantitative estimate of drug-likeness (QED) is 0.452. The van der Waals surface area contributed by atoms with Gasteiger partial charge in [-0.25, -0.2) is 14.4 Å². The lowest BCUT2D eigenvalue weighted by molar-refractivity contribution is 0.100. The number of primary amides is 1. The fraction of sp³-hybridized carbons (Fsp3) is 0.160. The van der Waals surface area contributed by atoms with E-state index in [9.17, 15) is 9.18 Å². The van der Waals surface area contributed by atoms with E-state index in [1.807, 2.05) is 48.5 Å². The lowest BCUT2D eigenvalue weighted by Gasteiger charge is -2.22. The van der Waals surface area contributed by atoms with Gasteiger partial charge in [0.15, 0.2) is 0 Å². The monoisotopic (exact) mass is 427 g/mol. The molecule has 1 saturated heterocycles. The Hall–Kier alpha value is -3.84. The van der Waals surface area contributed by atoms with E-state index in [1.165, 1.54) is 6.33 Å². The van der Waals surface area contributed by atoms with Crippen LogP contribution in [0.15, 0.2) is 73.1 Å². The number of rotatable bonds is 5. The number of carbonyl (C=O) groups excluding carboxylic acids is 1. The molecule has 0 spiro atoms. The van der Waals surface area contributed by atoms with Crippen LogP contribution in [0.25, 0.3) is 22.0 Å². The maximum atomic E-state index is 15.0. The highest BCUT2D eigenvalue weighted by molar-refractivity contribution is 6.06. The minimum atomic E-state index is -0.533. The van der Waals surface area contributed by atoms with Crippen LogP contribution in [0, 0.1) is 5.82 Å². The van der Waals surface area contributed by atoms with Crippen LogP contribution >= 0.6 is 0 Å². The van der Waals surface area contributed by atoms with Gasteiger partial charge in [0.25, 0.3) is 5.91 Å². The molecule has 1 aromatic heterocycles. The maximum Gasteiger partial charge on any atom is 0.250 e. The van der Waals surface area contributed by atoms with Gasteiger partial charge in [-0.15, -0.1) is 0 Å². The SMILES string of the molecule is NC(=O)c1cccc2c(N[C@@H]3CNC[C@H]3c3ccc(-c4ccccc4)c(F)c3)ncnc12. The number of amides is 1. The van der Waals surface area contributed by atoms with E-state index in [1.54, 1.807) is 18.2 Å². The first-order valence-corrected chi connectivity index (χ1v) is 10.5. The molecule has 0 saturated carbocycles. The van der Waals surface area contributed by atoms with Gasteiger partial charge >= 0.3 is 0 Å². The van der Waals surface area contributed by atoms with E-state index in [0.29, 0.717) is 29.0 Å². The molecule has 1 amide bonds. The third kappa shape index (κ3) is 3.67. The van der Waals surface area contributed by atoms with Crippen molar-refractivity contribution >= 4 is 22.6 Å². The summed E-state index contributed by atoms with van der Waals surface area (Å²) in [6.45, 7) is 1.42. The molecule has 1 aliphatic heterocycles. The molecule has 2 heterocycles. The van der Waals surface area contributed by atoms with Gasteiger partial charge in [-0.2, -0.15) is 0 Å². The summed E-state index contributed by atoms with van der Waals surface area (Å²) in [5, 5.41) is 7.58. The zero-order valence-electron chi connectivity index (χ0n) is 17.3. The number of halogens is 1. The fourth-order valence-electron chi connectivity index (χ4n) is 4.37. The van der Waals surface area contributed by atoms with Gasteiger partial charge < -0.3 is 16.4 Å². The highest BCUT2D eigenvalue weighted by Gasteiger charge is 2.30. The van der Waals surface area contributed by atoms with Gasteiger partial charge in [-0.05, 0) is 29.3 Å². The Kier molecular flexibility index (Phi) is 5.25. The molecule has 0 bridgehead atoms. The largest absolute Gasteiger partial charge is 0.366 e. The molecule has 6 nitrogen and oxygen atoms in total. The Balaban J connectivity index is 1.44. The Morgan fingerprint density at radius 3 is 2.66 bits per heavy atom. The summed E-state index contributed by atoms with van der Waals surface area (Å²) in [5.41, 5.74) is 8.72. The summed E-state index contributed by atoms with van der Waals surface area (Å²) >= 11 is 0. The number of benzene rings is 3. The zero-order valence-corrected chi connectivity index (χ0v) is 17.3. The third-order valence-corrected chi connectivity index (χ3v) is 5.97. The van der Waals surface area contributed by atoms with E-state index >= 15 is 0 Å². The number of hydrogen-bond donors (Lipinski definition) is 3. The van der Waals surface area contributed by atoms with Crippen molar-refractivity contribution in [1.29, 1.82) is 0 Å². The highest BCUT2D eigenvalue weighted by Crippen LogP contribution is 2.31. The number of aromatic nitrogens is 2. The number of carbonyl (C=O) groups is 1. The van der Waals surface area contributed by atoms with E-state index < -0.39 is 5.91 Å². The lowest BCUT2D eigenvalue weighted by Crippen LogP contribution is -2.28. The van der Waals surface area contributed by atoms with Crippen molar-refractivity contribution in [2.75, 3.05) is 18.4 Å². The number of fused-ring (bicyclic) bond motifs is 1. The molecule has 160 valence electrons. The molecule has 4 N–H and O–H groups in total. The van der Waals surface area contributed by atoms with Crippen molar-refractivity contribution < 1.29 is 9.18 Å². The summed E-state index contributed by atoms with van der Waals surface area (Å²) in [4.78, 5) is 20.4. The Morgan fingerprint density at radius 1 is 1.03 bits per heavy atom. The fourth-order valence-corrected chi connectivity index (χ4v) is 4.37. The van der Waals surface area contributed by atoms with Crippen LogP contribution < -0.4 is 16.4 Å². The molecule has 32 heavy (non-hydrogen) atoms. The number of hydrogen-bond acceptors (Lipinski definition) is 5. The van der Waals surface area contributed by atoms with Gasteiger partial charge in [-0.3, -0.25) is 4.79 Å². The molecule has 5 rings (SSSR count). The summed E-state index contributed by atoms with van der Waals surface area (Å²) < 4.78 is 15.0. The molecule has 0 unspecified atom stereocenters. The summed E-state index contributed by atoms with van der Waals surface area (Å²) in [5.74, 6) is -0.0931. The first-order valence-electron chi connectivity index (χ1n) is 10.5. The van der Waals surface area contributed by atoms with Crippen molar-refractivity contribution in [1.82, 2.24) is 15.3 Å². The van der Waals surface area contributed by atoms with Crippen LogP contribution in [0.1, 0.15) is 21.8 Å². The molecule has 1 aliphatic rings. The third-order valence-electron chi connectivity index (χ3n) is 5.97. The normalized spacial score (nSPS) is 18.0. The predicted octanol–water partition coefficient (Wildman–Crippen LogP) is 3.70. The first-order chi connectivity index (χ1) is 15.6. The number of nitrogens with one attached hydrogen (secondary N) is 2. The van der Waals surface area contributed by atoms with Crippen LogP contribution in [0.3, 0.4) is 0 Å². The molecule has 0 aliphatic carbocycles. The molecule has 4 aromatic rings. The van der Waals surface area contributed by atoms with E-state index in [-0.39, 0.29) is 17.8 Å². The molecular weight excluding hydrogens is 405 g/mol. The van der Waals surface area contributed by atoms with Gasteiger partial charge in [0.05, 0.1) is 11.1 Å². The summed E-state index contributed by atoms with van der Waals surface area (Å²) in [6, 6.07) is 20.2. The number of anilines is 1. The van der Waals surface area contributed by atoms with E-state index in [2.05, 4.69) is 20.6 Å². The molecule has 7 heteroatoms. The molecule has 3 aromatic carbocycles. The van der Waals surface area contributed by atoms with Gasteiger partial charge in [0.2, 0.25) is 0 Å². The Labute approximate surface area is 184 Å². The van der Waals surface area contributed by atoms with Gasteiger partial charge in [-0.1, -0.05) is 48.5 Å². The molecule has 0 radical (unpaired) electrons. The van der Waals surface area contributed by atoms with Crippen LogP contribution in [-0.4, -0.2) is 35.0 Å². The standard InChI is InChI=1S/C25H22FN5O/c26-21-11-16(9-10-17(21)15-5-2-1-3-6-15)20-12-28-13-22(20)31-25-19-8-4-7-18(24(27)32)23(19)29-14-30-25/h1-11,14,20,22,28H,12-13H2,(H2,27,32)(H,29,30,31)/t20-,22+/m0/s1. The minimum Gasteiger partial charge on any atom is -0.366 e. The van der Waals surface area contributed by atoms with Crippen molar-refractivity contribution in [3.8, 4) is 11.1 Å². The average molecular weight is 427 g/mol. The number of para-hydroxylation sites is 1. The van der Waals surface area contributed by atoms with Crippen molar-refractivity contribution in [3.05, 3.63) is 90.0 Å². The van der Waals surface area contributed by atoms with E-state index in [0.717, 1.165) is 23.1 Å². The number of nitrogens with zero attached hydrogens (tertiary/aromatic N) is 2. The minimum absolute atomic E-state index is 0.00712. The predicted molar refractivity (Wildman–Crippen MR) is 123 cm³/mol. The van der Waals surface area contributed by atoms with Crippen LogP contribution in [0.2, 0.25) is 0 Å². The van der Waals surface area contributed by atoms with Crippen molar-refractivity contribution in [2.45, 2.75) is 12.0 Å². The van der Waals surface area contributed by atoms with Crippen molar-refractivity contribution in [2.24, 2.45) is 5.73 Å². The average Bonchev–Trinajstić information content (AvgIpc) is 3.27. The highest BCUT2D eigenvalue weighted by atomic mass is 19.1. The topological polar surface area (TPSA) is 92.9 Å². The second-order valence-corrected chi connectivity index (χ2v) is 7.91. The summed E-state index contributed by atoms with van der Waals surface area (Å²) in [6.07, 6.45) is 1.42. The second kappa shape index (κ2) is 8.36. The Bertz CT molecular complexity index is 1290. The van der Waals surface area contributed by atoms with Crippen LogP contribution in [-0.2, 0) is 0 Å². The smallest absolute Gasteiger partial charge is 0.250 e. The molecular formula is C25H22FN5O. The first kappa shape index (κ1) is 20.1. The zero-order chi connectivity index (χ0) is 22.1. The van der Waals surface area contributed by atoms with Crippen LogP contribution in [0.4, 0.5) is 10.2 Å². The number of nitrogens with two attached hydrogens (primary N) is 1. The Morgan fingerprint density at radius 2 is 1.88 bits per heavy atom. The van der Waals surface area contributed by atoms with Crippen LogP contribution in [0.5, 0.6) is 0 Å². The van der Waals surface area contributed by atoms with Gasteiger partial charge in [0, 0.05) is 36.0 Å². The molecule has 2 atom stereocenters. The van der Waals surface area contributed by atoms with E-state index in [4.69, 9.17) is 5.73 Å². The van der Waals surface area contributed by atoms with Crippen molar-refractivity contribution in [3.63, 3.8) is 0 Å². The lowest BCUT2D eigenvalue weighted by atomic mass is 9.92.